The van der Waals surface area contributed by atoms with Crippen molar-refractivity contribution >= 4 is 27.5 Å². The first-order valence-corrected chi connectivity index (χ1v) is 12.3. The third-order valence-electron chi connectivity index (χ3n) is 6.55. The van der Waals surface area contributed by atoms with E-state index in [2.05, 4.69) is 27.0 Å². The van der Waals surface area contributed by atoms with Crippen molar-refractivity contribution in [3.05, 3.63) is 50.4 Å². The van der Waals surface area contributed by atoms with Crippen molar-refractivity contribution in [1.29, 1.82) is 0 Å². The number of aromatic nitrogens is 2. The number of rotatable bonds is 8. The number of esters is 1. The molecule has 0 bridgehead atoms. The van der Waals surface area contributed by atoms with Crippen molar-refractivity contribution in [2.24, 2.45) is 5.92 Å². The Bertz CT molecular complexity index is 1200. The van der Waals surface area contributed by atoms with Crippen molar-refractivity contribution in [3.63, 3.8) is 0 Å². The number of hydrogen-bond acceptors (Lipinski definition) is 8. The molecule has 0 atom stereocenters. The summed E-state index contributed by atoms with van der Waals surface area (Å²) in [7, 11) is 4.68. The number of likely N-dealkylation sites (tertiary alicyclic amines) is 1. The van der Waals surface area contributed by atoms with E-state index in [9.17, 15) is 9.59 Å². The number of carbonyl (C=O) groups excluding carboxylic acids is 1. The lowest BCUT2D eigenvalue weighted by atomic mass is 9.90. The van der Waals surface area contributed by atoms with Crippen LogP contribution < -0.4 is 15.0 Å². The van der Waals surface area contributed by atoms with Gasteiger partial charge in [-0.3, -0.25) is 9.69 Å². The second-order valence-corrected chi connectivity index (χ2v) is 9.72. The third kappa shape index (κ3) is 5.26. The van der Waals surface area contributed by atoms with Gasteiger partial charge < -0.3 is 19.2 Å². The van der Waals surface area contributed by atoms with E-state index in [1.807, 2.05) is 6.07 Å². The topological polar surface area (TPSA) is 93.8 Å². The van der Waals surface area contributed by atoms with Crippen LogP contribution in [-0.2, 0) is 17.7 Å². The highest BCUT2D eigenvalue weighted by Gasteiger charge is 2.22. The van der Waals surface area contributed by atoms with Crippen LogP contribution >= 0.6 is 11.3 Å². The highest BCUT2D eigenvalue weighted by molar-refractivity contribution is 7.20. The second kappa shape index (κ2) is 10.6. The summed E-state index contributed by atoms with van der Waals surface area (Å²) in [6, 6.07) is 6.05. The number of benzene rings is 1. The molecule has 182 valence electrons. The number of fused-ring (bicyclic) bond motifs is 1. The Morgan fingerprint density at radius 2 is 1.82 bits per heavy atom. The van der Waals surface area contributed by atoms with Crippen LogP contribution in [0.1, 0.15) is 45.9 Å². The Kier molecular flexibility index (Phi) is 7.53. The fourth-order valence-corrected chi connectivity index (χ4v) is 5.70. The lowest BCUT2D eigenvalue weighted by Gasteiger charge is -2.31. The van der Waals surface area contributed by atoms with Crippen LogP contribution in [0.4, 0.5) is 0 Å². The van der Waals surface area contributed by atoms with E-state index in [4.69, 9.17) is 14.2 Å². The van der Waals surface area contributed by atoms with Crippen LogP contribution in [-0.4, -0.2) is 55.3 Å². The van der Waals surface area contributed by atoms with Gasteiger partial charge >= 0.3 is 5.97 Å². The average molecular weight is 486 g/mol. The summed E-state index contributed by atoms with van der Waals surface area (Å²) in [5.74, 6) is 2.50. The average Bonchev–Trinajstić information content (AvgIpc) is 3.19. The number of ether oxygens (including phenoxy) is 3. The standard InChI is InChI=1S/C25H31N3O5S/c1-15-21-23(29)26-20(27-24(21)34-22(15)25(30)33-4)14-28-9-7-16(8-10-28)5-6-17-11-18(31-2)13-19(12-17)32-3/h11-13,16H,5-10,14H2,1-4H3,(H,26,27,29). The summed E-state index contributed by atoms with van der Waals surface area (Å²) < 4.78 is 15.6. The quantitative estimate of drug-likeness (QED) is 0.483. The molecule has 8 nitrogen and oxygen atoms in total. The molecule has 0 amide bonds. The van der Waals surface area contributed by atoms with Crippen LogP contribution in [0.5, 0.6) is 11.5 Å². The van der Waals surface area contributed by atoms with Gasteiger partial charge in [0.25, 0.3) is 5.56 Å². The first-order valence-electron chi connectivity index (χ1n) is 11.5. The Morgan fingerprint density at radius 1 is 1.15 bits per heavy atom. The SMILES string of the molecule is COC(=O)c1sc2nc(CN3CCC(CCc4cc(OC)cc(OC)c4)CC3)[nH]c(=O)c2c1C. The molecule has 1 fully saturated rings. The maximum absolute atomic E-state index is 12.7. The van der Waals surface area contributed by atoms with Gasteiger partial charge in [-0.2, -0.15) is 0 Å². The highest BCUT2D eigenvalue weighted by atomic mass is 32.1. The van der Waals surface area contributed by atoms with Crippen LogP contribution in [0.3, 0.4) is 0 Å². The number of thiophene rings is 1. The molecule has 3 aromatic rings. The highest BCUT2D eigenvalue weighted by Crippen LogP contribution is 2.29. The van der Waals surface area contributed by atoms with Gasteiger partial charge in [0.15, 0.2) is 0 Å². The maximum Gasteiger partial charge on any atom is 0.348 e. The minimum absolute atomic E-state index is 0.201. The molecule has 1 aromatic carbocycles. The van der Waals surface area contributed by atoms with Gasteiger partial charge in [-0.25, -0.2) is 9.78 Å². The number of H-pyrrole nitrogens is 1. The number of nitrogens with one attached hydrogen (secondary N) is 1. The molecular weight excluding hydrogens is 454 g/mol. The fraction of sp³-hybridized carbons (Fsp3) is 0.480. The molecule has 0 spiro atoms. The van der Waals surface area contributed by atoms with E-state index in [1.54, 1.807) is 21.1 Å². The minimum Gasteiger partial charge on any atom is -0.497 e. The molecule has 1 aliphatic heterocycles. The van der Waals surface area contributed by atoms with E-state index >= 15 is 0 Å². The van der Waals surface area contributed by atoms with E-state index in [0.29, 0.717) is 38.9 Å². The molecule has 3 heterocycles. The largest absolute Gasteiger partial charge is 0.497 e. The van der Waals surface area contributed by atoms with Gasteiger partial charge in [-0.15, -0.1) is 11.3 Å². The van der Waals surface area contributed by atoms with Gasteiger partial charge in [0.1, 0.15) is 27.0 Å². The molecule has 4 rings (SSSR count). The van der Waals surface area contributed by atoms with E-state index in [0.717, 1.165) is 50.3 Å². The molecule has 34 heavy (non-hydrogen) atoms. The second-order valence-electron chi connectivity index (χ2n) is 8.72. The first-order chi connectivity index (χ1) is 16.4. The van der Waals surface area contributed by atoms with Crippen molar-refractivity contribution in [1.82, 2.24) is 14.9 Å². The van der Waals surface area contributed by atoms with Gasteiger partial charge in [0.05, 0.1) is 33.3 Å². The number of nitrogens with zero attached hydrogens (tertiary/aromatic N) is 2. The van der Waals surface area contributed by atoms with Crippen molar-refractivity contribution in [3.8, 4) is 11.5 Å². The van der Waals surface area contributed by atoms with Gasteiger partial charge in [0, 0.05) is 6.07 Å². The van der Waals surface area contributed by atoms with E-state index in [-0.39, 0.29) is 5.56 Å². The van der Waals surface area contributed by atoms with Gasteiger partial charge in [-0.05, 0) is 74.9 Å². The summed E-state index contributed by atoms with van der Waals surface area (Å²) in [6.07, 6.45) is 4.33. The Morgan fingerprint density at radius 3 is 2.44 bits per heavy atom. The molecule has 0 saturated carbocycles. The molecule has 0 aliphatic carbocycles. The first kappa shape index (κ1) is 24.2. The van der Waals surface area contributed by atoms with Crippen molar-refractivity contribution in [2.45, 2.75) is 39.2 Å². The smallest absolute Gasteiger partial charge is 0.348 e. The van der Waals surface area contributed by atoms with E-state index < -0.39 is 5.97 Å². The molecule has 0 radical (unpaired) electrons. The van der Waals surface area contributed by atoms with Crippen LogP contribution in [0, 0.1) is 12.8 Å². The lowest BCUT2D eigenvalue weighted by Crippen LogP contribution is -2.34. The number of aromatic amines is 1. The molecule has 1 aliphatic rings. The number of aryl methyl sites for hydroxylation is 2. The molecule has 2 aromatic heterocycles. The Hall–Kier alpha value is -2.91. The number of carbonyl (C=O) groups is 1. The number of methoxy groups -OCH3 is 3. The van der Waals surface area contributed by atoms with Crippen LogP contribution in [0.15, 0.2) is 23.0 Å². The van der Waals surface area contributed by atoms with Crippen molar-refractivity contribution < 1.29 is 19.0 Å². The number of hydrogen-bond donors (Lipinski definition) is 1. The Balaban J connectivity index is 1.35. The monoisotopic (exact) mass is 485 g/mol. The van der Waals surface area contributed by atoms with Crippen molar-refractivity contribution in [2.75, 3.05) is 34.4 Å². The zero-order chi connectivity index (χ0) is 24.2. The summed E-state index contributed by atoms with van der Waals surface area (Å²) >= 11 is 1.21. The zero-order valence-corrected chi connectivity index (χ0v) is 20.9. The van der Waals surface area contributed by atoms with Crippen LogP contribution in [0.25, 0.3) is 10.2 Å². The lowest BCUT2D eigenvalue weighted by molar-refractivity contribution is 0.0605. The maximum atomic E-state index is 12.7. The molecule has 1 saturated heterocycles. The summed E-state index contributed by atoms with van der Waals surface area (Å²) in [6.45, 7) is 4.28. The predicted molar refractivity (Wildman–Crippen MR) is 132 cm³/mol. The summed E-state index contributed by atoms with van der Waals surface area (Å²) in [4.78, 5) is 35.6. The van der Waals surface area contributed by atoms with Crippen LogP contribution in [0.2, 0.25) is 0 Å². The zero-order valence-electron chi connectivity index (χ0n) is 20.1. The Labute approximate surface area is 202 Å². The third-order valence-corrected chi connectivity index (χ3v) is 7.72. The van der Waals surface area contributed by atoms with Gasteiger partial charge in [-0.1, -0.05) is 0 Å². The van der Waals surface area contributed by atoms with Gasteiger partial charge in [0.2, 0.25) is 0 Å². The molecule has 0 unspecified atom stereocenters. The van der Waals surface area contributed by atoms with E-state index in [1.165, 1.54) is 24.0 Å². The fourth-order valence-electron chi connectivity index (χ4n) is 4.58. The summed E-state index contributed by atoms with van der Waals surface area (Å²) in [5.41, 5.74) is 1.65. The predicted octanol–water partition coefficient (Wildman–Crippen LogP) is 3.94. The minimum atomic E-state index is -0.434. The molecule has 1 N–H and O–H groups in total. The molecule has 9 heteroatoms. The normalized spacial score (nSPS) is 14.9. The molecular formula is C25H31N3O5S. The summed E-state index contributed by atoms with van der Waals surface area (Å²) in [5, 5.41) is 0.474. The number of piperidine rings is 1.